The second-order valence-corrected chi connectivity index (χ2v) is 7.03. The van der Waals surface area contributed by atoms with Crippen LogP contribution in [0.5, 0.6) is 0 Å². The molecule has 1 aliphatic heterocycles. The van der Waals surface area contributed by atoms with Gasteiger partial charge in [-0.15, -0.1) is 10.2 Å². The van der Waals surface area contributed by atoms with E-state index in [-0.39, 0.29) is 5.82 Å². The topological polar surface area (TPSA) is 46.8 Å². The van der Waals surface area contributed by atoms with Crippen molar-refractivity contribution in [2.24, 2.45) is 0 Å². The zero-order valence-electron chi connectivity index (χ0n) is 13.2. The van der Waals surface area contributed by atoms with Gasteiger partial charge in [-0.1, -0.05) is 23.5 Å². The highest BCUT2D eigenvalue weighted by Crippen LogP contribution is 2.28. The summed E-state index contributed by atoms with van der Waals surface area (Å²) in [4.78, 5) is 2.30. The van der Waals surface area contributed by atoms with Crippen LogP contribution in [0.25, 0.3) is 0 Å². The Morgan fingerprint density at radius 2 is 1.92 bits per heavy atom. The van der Waals surface area contributed by atoms with E-state index in [2.05, 4.69) is 24.9 Å². The third-order valence-electron chi connectivity index (χ3n) is 4.36. The first-order valence-corrected chi connectivity index (χ1v) is 8.90. The quantitative estimate of drug-likeness (QED) is 0.729. The van der Waals surface area contributed by atoms with Crippen LogP contribution >= 0.6 is 11.3 Å². The molecule has 1 fully saturated rings. The van der Waals surface area contributed by atoms with Gasteiger partial charge in [0.05, 0.1) is 6.04 Å². The molecule has 0 N–H and O–H groups in total. The van der Waals surface area contributed by atoms with Crippen molar-refractivity contribution in [2.45, 2.75) is 25.3 Å². The number of benzene rings is 1. The molecule has 0 atom stereocenters. The van der Waals surface area contributed by atoms with Crippen LogP contribution in [0.3, 0.4) is 0 Å². The van der Waals surface area contributed by atoms with Crippen molar-refractivity contribution in [3.8, 4) is 0 Å². The predicted octanol–water partition coefficient (Wildman–Crippen LogP) is 3.31. The fourth-order valence-corrected chi connectivity index (χ4v) is 3.96. The Labute approximate surface area is 143 Å². The van der Waals surface area contributed by atoms with Gasteiger partial charge in [0.1, 0.15) is 10.8 Å². The van der Waals surface area contributed by atoms with Crippen molar-refractivity contribution in [1.82, 2.24) is 20.0 Å². The van der Waals surface area contributed by atoms with E-state index in [1.165, 1.54) is 12.1 Å². The van der Waals surface area contributed by atoms with E-state index in [1.54, 1.807) is 23.5 Å². The van der Waals surface area contributed by atoms with E-state index in [4.69, 9.17) is 0 Å². The molecule has 0 unspecified atom stereocenters. The van der Waals surface area contributed by atoms with Crippen molar-refractivity contribution in [3.05, 3.63) is 59.1 Å². The fraction of sp³-hybridized carbons (Fsp3) is 0.353. The minimum atomic E-state index is -0.211. The lowest BCUT2D eigenvalue weighted by atomic mass is 10.1. The molecule has 4 rings (SSSR count). The molecule has 124 valence electrons. The van der Waals surface area contributed by atoms with Crippen LogP contribution in [0.2, 0.25) is 0 Å². The maximum absolute atomic E-state index is 13.0. The van der Waals surface area contributed by atoms with Gasteiger partial charge in [-0.25, -0.2) is 4.39 Å². The maximum Gasteiger partial charge on any atom is 0.208 e. The Hall–Kier alpha value is -2.28. The first kappa shape index (κ1) is 15.3. The number of anilines is 1. The number of halogens is 1. The summed E-state index contributed by atoms with van der Waals surface area (Å²) in [6.07, 6.45) is 6.69. The predicted molar refractivity (Wildman–Crippen MR) is 91.8 cm³/mol. The van der Waals surface area contributed by atoms with Crippen LogP contribution in [-0.2, 0) is 6.42 Å². The van der Waals surface area contributed by atoms with Crippen LogP contribution < -0.4 is 4.90 Å². The van der Waals surface area contributed by atoms with Gasteiger partial charge in [0, 0.05) is 31.9 Å². The number of aromatic nitrogens is 4. The lowest BCUT2D eigenvalue weighted by Gasteiger charge is -2.31. The molecule has 3 heterocycles. The number of hydrogen-bond acceptors (Lipinski definition) is 5. The minimum Gasteiger partial charge on any atom is -0.347 e. The van der Waals surface area contributed by atoms with E-state index in [1.807, 2.05) is 18.5 Å². The van der Waals surface area contributed by atoms with Crippen molar-refractivity contribution < 1.29 is 4.39 Å². The number of hydrogen-bond donors (Lipinski definition) is 0. The molecule has 0 amide bonds. The first-order valence-electron chi connectivity index (χ1n) is 8.09. The smallest absolute Gasteiger partial charge is 0.208 e. The maximum atomic E-state index is 13.0. The van der Waals surface area contributed by atoms with E-state index in [9.17, 15) is 4.39 Å². The summed E-state index contributed by atoms with van der Waals surface area (Å²) in [6, 6.07) is 9.01. The first-order chi connectivity index (χ1) is 11.8. The molecule has 2 aromatic heterocycles. The Morgan fingerprint density at radius 1 is 1.12 bits per heavy atom. The van der Waals surface area contributed by atoms with Gasteiger partial charge in [-0.05, 0) is 36.6 Å². The van der Waals surface area contributed by atoms with Crippen LogP contribution in [-0.4, -0.2) is 33.1 Å². The molecule has 0 radical (unpaired) electrons. The summed E-state index contributed by atoms with van der Waals surface area (Å²) in [7, 11) is 0. The average Bonchev–Trinajstić information content (AvgIpc) is 3.29. The Kier molecular flexibility index (Phi) is 4.25. The molecule has 1 aliphatic rings. The minimum absolute atomic E-state index is 0.211. The highest BCUT2D eigenvalue weighted by molar-refractivity contribution is 7.15. The molecule has 0 saturated carbocycles. The monoisotopic (exact) mass is 343 g/mol. The van der Waals surface area contributed by atoms with E-state index >= 15 is 0 Å². The molecular formula is C17H18FN5S. The fourth-order valence-electron chi connectivity index (χ4n) is 3.04. The van der Waals surface area contributed by atoms with Crippen molar-refractivity contribution in [2.75, 3.05) is 18.0 Å². The van der Waals surface area contributed by atoms with Gasteiger partial charge >= 0.3 is 0 Å². The molecule has 0 bridgehead atoms. The SMILES string of the molecule is Fc1ccc(Cc2nnc(N3CCC(n4cccn4)CC3)s2)cc1. The summed E-state index contributed by atoms with van der Waals surface area (Å²) in [5.74, 6) is -0.211. The van der Waals surface area contributed by atoms with Crippen LogP contribution in [0.1, 0.15) is 29.5 Å². The number of rotatable bonds is 4. The average molecular weight is 343 g/mol. The van der Waals surface area contributed by atoms with Crippen LogP contribution in [0.4, 0.5) is 9.52 Å². The zero-order valence-corrected chi connectivity index (χ0v) is 14.0. The number of nitrogens with zero attached hydrogens (tertiary/aromatic N) is 5. The van der Waals surface area contributed by atoms with E-state index in [0.29, 0.717) is 12.5 Å². The standard InChI is InChI=1S/C17H18FN5S/c18-14-4-2-13(3-5-14)12-16-20-21-17(24-16)22-10-6-15(7-11-22)23-9-1-8-19-23/h1-5,8-9,15H,6-7,10-12H2. The van der Waals surface area contributed by atoms with E-state index in [0.717, 1.165) is 41.6 Å². The lowest BCUT2D eigenvalue weighted by molar-refractivity contribution is 0.366. The summed E-state index contributed by atoms with van der Waals surface area (Å²) >= 11 is 1.62. The summed E-state index contributed by atoms with van der Waals surface area (Å²) in [6.45, 7) is 1.94. The highest BCUT2D eigenvalue weighted by Gasteiger charge is 2.23. The molecule has 7 heteroatoms. The molecule has 0 aliphatic carbocycles. The van der Waals surface area contributed by atoms with Crippen LogP contribution in [0, 0.1) is 5.82 Å². The lowest BCUT2D eigenvalue weighted by Crippen LogP contribution is -2.34. The second-order valence-electron chi connectivity index (χ2n) is 5.99. The summed E-state index contributed by atoms with van der Waals surface area (Å²) < 4.78 is 15.0. The Balaban J connectivity index is 1.38. The highest BCUT2D eigenvalue weighted by atomic mass is 32.1. The largest absolute Gasteiger partial charge is 0.347 e. The van der Waals surface area contributed by atoms with Crippen molar-refractivity contribution in [3.63, 3.8) is 0 Å². The second kappa shape index (κ2) is 6.68. The van der Waals surface area contributed by atoms with Crippen LogP contribution in [0.15, 0.2) is 42.7 Å². The van der Waals surface area contributed by atoms with Gasteiger partial charge in [0.15, 0.2) is 0 Å². The molecule has 3 aromatic rings. The Morgan fingerprint density at radius 3 is 2.62 bits per heavy atom. The van der Waals surface area contributed by atoms with Gasteiger partial charge < -0.3 is 4.90 Å². The molecule has 1 saturated heterocycles. The van der Waals surface area contributed by atoms with Crippen molar-refractivity contribution >= 4 is 16.5 Å². The van der Waals surface area contributed by atoms with Gasteiger partial charge in [0.2, 0.25) is 5.13 Å². The summed E-state index contributed by atoms with van der Waals surface area (Å²) in [5, 5.41) is 14.9. The van der Waals surface area contributed by atoms with Gasteiger partial charge in [0.25, 0.3) is 0 Å². The Bertz CT molecular complexity index is 776. The zero-order chi connectivity index (χ0) is 16.4. The number of piperidine rings is 1. The normalized spacial score (nSPS) is 15.8. The summed E-state index contributed by atoms with van der Waals surface area (Å²) in [5.41, 5.74) is 1.05. The molecule has 0 spiro atoms. The van der Waals surface area contributed by atoms with E-state index < -0.39 is 0 Å². The van der Waals surface area contributed by atoms with Gasteiger partial charge in [-0.2, -0.15) is 5.10 Å². The molecule has 5 nitrogen and oxygen atoms in total. The molecule has 24 heavy (non-hydrogen) atoms. The molecule has 1 aromatic carbocycles. The molecular weight excluding hydrogens is 325 g/mol. The third kappa shape index (κ3) is 3.31. The van der Waals surface area contributed by atoms with Crippen molar-refractivity contribution in [1.29, 1.82) is 0 Å². The third-order valence-corrected chi connectivity index (χ3v) is 5.34. The van der Waals surface area contributed by atoms with Gasteiger partial charge in [-0.3, -0.25) is 4.68 Å².